The molecule has 1 aliphatic rings. The Morgan fingerprint density at radius 3 is 2.48 bits per heavy atom. The third-order valence-electron chi connectivity index (χ3n) is 4.22. The quantitative estimate of drug-likeness (QED) is 0.375. The van der Waals surface area contributed by atoms with Crippen LogP contribution in [0.3, 0.4) is 0 Å². The van der Waals surface area contributed by atoms with E-state index in [1.807, 2.05) is 33.8 Å². The molecule has 7 heteroatoms. The molecule has 7 nitrogen and oxygen atoms in total. The SMILES string of the molecule is CC1(C)CC(N(C#N)/C(N)=N\c2ccccn2)CC(C)(C)N1O. The standard InChI is InChI=1S/C16H24N6O/c1-15(2)9-12(10-16(3,4)22(15)23)21(11-17)14(18)20-13-7-5-6-8-19-13/h5-8,12,23H,9-10H2,1-4H3,(H2,18,19,20). The zero-order chi connectivity index (χ0) is 17.3. The number of hydrogen-bond donors (Lipinski definition) is 2. The first-order valence-corrected chi connectivity index (χ1v) is 7.61. The first-order valence-electron chi connectivity index (χ1n) is 7.61. The minimum atomic E-state index is -0.465. The fourth-order valence-corrected chi connectivity index (χ4v) is 3.31. The lowest BCUT2D eigenvalue weighted by molar-refractivity contribution is -0.248. The Morgan fingerprint density at radius 1 is 1.39 bits per heavy atom. The Bertz CT molecular complexity index is 601. The minimum absolute atomic E-state index is 0.120. The highest BCUT2D eigenvalue weighted by Crippen LogP contribution is 2.38. The van der Waals surface area contributed by atoms with E-state index in [1.165, 1.54) is 9.96 Å². The molecule has 1 fully saturated rings. The number of nitrogens with two attached hydrogens (primary N) is 1. The van der Waals surface area contributed by atoms with Crippen LogP contribution in [0.1, 0.15) is 40.5 Å². The van der Waals surface area contributed by atoms with Gasteiger partial charge in [0.1, 0.15) is 0 Å². The second kappa shape index (κ2) is 6.14. The molecule has 0 bridgehead atoms. The number of rotatable bonds is 2. The van der Waals surface area contributed by atoms with E-state index in [4.69, 9.17) is 5.73 Å². The van der Waals surface area contributed by atoms with Gasteiger partial charge in [0.2, 0.25) is 5.96 Å². The lowest BCUT2D eigenvalue weighted by atomic mass is 9.78. The van der Waals surface area contributed by atoms with Crippen LogP contribution in [-0.4, -0.2) is 43.2 Å². The summed E-state index contributed by atoms with van der Waals surface area (Å²) in [5.74, 6) is 0.581. The number of nitrogens with zero attached hydrogens (tertiary/aromatic N) is 5. The van der Waals surface area contributed by atoms with Crippen LogP contribution in [0.2, 0.25) is 0 Å². The third-order valence-corrected chi connectivity index (χ3v) is 4.22. The fraction of sp³-hybridized carbons (Fsp3) is 0.562. The Hall–Kier alpha value is -2.17. The molecule has 124 valence electrons. The number of nitriles is 1. The molecule has 1 saturated heterocycles. The van der Waals surface area contributed by atoms with E-state index in [2.05, 4.69) is 16.2 Å². The van der Waals surface area contributed by atoms with Crippen LogP contribution in [0.25, 0.3) is 0 Å². The number of pyridine rings is 1. The number of aliphatic imine (C=N–C) groups is 1. The predicted octanol–water partition coefficient (Wildman–Crippen LogP) is 2.22. The summed E-state index contributed by atoms with van der Waals surface area (Å²) in [6.45, 7) is 7.79. The lowest BCUT2D eigenvalue weighted by Gasteiger charge is -2.52. The van der Waals surface area contributed by atoms with Gasteiger partial charge in [-0.15, -0.1) is 0 Å². The molecule has 1 aliphatic heterocycles. The highest BCUT2D eigenvalue weighted by molar-refractivity contribution is 5.82. The van der Waals surface area contributed by atoms with Gasteiger partial charge in [-0.25, -0.2) is 9.88 Å². The van der Waals surface area contributed by atoms with Gasteiger partial charge in [-0.3, -0.25) is 0 Å². The second-order valence-corrected chi connectivity index (χ2v) is 7.13. The maximum Gasteiger partial charge on any atom is 0.211 e. The molecular formula is C16H24N6O. The van der Waals surface area contributed by atoms with Gasteiger partial charge < -0.3 is 10.9 Å². The molecule has 0 atom stereocenters. The van der Waals surface area contributed by atoms with Gasteiger partial charge >= 0.3 is 0 Å². The van der Waals surface area contributed by atoms with Crippen LogP contribution < -0.4 is 5.73 Å². The van der Waals surface area contributed by atoms with E-state index in [0.29, 0.717) is 18.7 Å². The smallest absolute Gasteiger partial charge is 0.211 e. The highest BCUT2D eigenvalue weighted by Gasteiger charge is 2.47. The van der Waals surface area contributed by atoms with E-state index in [9.17, 15) is 10.5 Å². The van der Waals surface area contributed by atoms with Gasteiger partial charge in [-0.2, -0.15) is 15.3 Å². The molecule has 2 heterocycles. The molecule has 2 rings (SSSR count). The zero-order valence-electron chi connectivity index (χ0n) is 14.1. The van der Waals surface area contributed by atoms with Crippen molar-refractivity contribution in [2.45, 2.75) is 57.7 Å². The Kier molecular flexibility index (Phi) is 4.59. The molecule has 23 heavy (non-hydrogen) atoms. The van der Waals surface area contributed by atoms with Crippen LogP contribution in [0.4, 0.5) is 5.82 Å². The maximum absolute atomic E-state index is 10.4. The summed E-state index contributed by atoms with van der Waals surface area (Å²) < 4.78 is 0. The summed E-state index contributed by atoms with van der Waals surface area (Å²) in [6, 6.07) is 5.19. The summed E-state index contributed by atoms with van der Waals surface area (Å²) in [5, 5.41) is 21.3. The topological polar surface area (TPSA) is 102 Å². The highest BCUT2D eigenvalue weighted by atomic mass is 16.5. The Balaban J connectivity index is 2.28. The number of hydroxylamine groups is 2. The van der Waals surface area contributed by atoms with Gasteiger partial charge in [0.25, 0.3) is 0 Å². The molecule has 0 aliphatic carbocycles. The Labute approximate surface area is 137 Å². The molecule has 0 amide bonds. The normalized spacial score (nSPS) is 21.7. The van der Waals surface area contributed by atoms with Crippen molar-refractivity contribution in [1.82, 2.24) is 14.9 Å². The van der Waals surface area contributed by atoms with Crippen LogP contribution in [0.5, 0.6) is 0 Å². The third kappa shape index (κ3) is 3.60. The van der Waals surface area contributed by atoms with Gasteiger partial charge in [0, 0.05) is 17.3 Å². The van der Waals surface area contributed by atoms with Gasteiger partial charge in [-0.1, -0.05) is 6.07 Å². The Morgan fingerprint density at radius 2 is 2.00 bits per heavy atom. The molecule has 0 aromatic carbocycles. The molecule has 1 aromatic rings. The van der Waals surface area contributed by atoms with Crippen LogP contribution >= 0.6 is 0 Å². The summed E-state index contributed by atoms with van der Waals surface area (Å²) in [5.41, 5.74) is 5.11. The van der Waals surface area contributed by atoms with E-state index < -0.39 is 11.1 Å². The van der Waals surface area contributed by atoms with Gasteiger partial charge in [0.05, 0.1) is 6.04 Å². The van der Waals surface area contributed by atoms with Gasteiger partial charge in [0.15, 0.2) is 12.0 Å². The van der Waals surface area contributed by atoms with Crippen molar-refractivity contribution in [1.29, 1.82) is 5.26 Å². The van der Waals surface area contributed by atoms with E-state index >= 15 is 0 Å². The lowest BCUT2D eigenvalue weighted by Crippen LogP contribution is -2.63. The monoisotopic (exact) mass is 316 g/mol. The molecule has 0 spiro atoms. The summed E-state index contributed by atoms with van der Waals surface area (Å²) in [4.78, 5) is 9.75. The van der Waals surface area contributed by atoms with Crippen molar-refractivity contribution in [3.8, 4) is 6.19 Å². The summed E-state index contributed by atoms with van der Waals surface area (Å²) >= 11 is 0. The largest absolute Gasteiger partial charge is 0.369 e. The van der Waals surface area contributed by atoms with E-state index in [1.54, 1.807) is 18.3 Å². The zero-order valence-corrected chi connectivity index (χ0v) is 14.1. The summed E-state index contributed by atoms with van der Waals surface area (Å²) in [7, 11) is 0. The van der Waals surface area contributed by atoms with Crippen LogP contribution in [0.15, 0.2) is 29.4 Å². The number of guanidine groups is 1. The fourth-order valence-electron chi connectivity index (χ4n) is 3.31. The molecule has 0 unspecified atom stereocenters. The van der Waals surface area contributed by atoms with E-state index in [-0.39, 0.29) is 12.0 Å². The number of piperidine rings is 1. The van der Waals surface area contributed by atoms with Crippen molar-refractivity contribution in [2.75, 3.05) is 0 Å². The van der Waals surface area contributed by atoms with Crippen molar-refractivity contribution < 1.29 is 5.21 Å². The average Bonchev–Trinajstić information content (AvgIpc) is 2.46. The molecule has 0 saturated carbocycles. The van der Waals surface area contributed by atoms with E-state index in [0.717, 1.165) is 0 Å². The average molecular weight is 316 g/mol. The first kappa shape index (κ1) is 17.2. The number of aromatic nitrogens is 1. The van der Waals surface area contributed by atoms with Crippen molar-refractivity contribution in [2.24, 2.45) is 10.7 Å². The van der Waals surface area contributed by atoms with Crippen LogP contribution in [-0.2, 0) is 0 Å². The minimum Gasteiger partial charge on any atom is -0.369 e. The maximum atomic E-state index is 10.4. The number of hydrogen-bond acceptors (Lipinski definition) is 5. The summed E-state index contributed by atoms with van der Waals surface area (Å²) in [6.07, 6.45) is 4.95. The van der Waals surface area contributed by atoms with Crippen molar-refractivity contribution >= 4 is 11.8 Å². The molecule has 1 aromatic heterocycles. The van der Waals surface area contributed by atoms with Crippen LogP contribution in [0, 0.1) is 11.5 Å². The van der Waals surface area contributed by atoms with Gasteiger partial charge in [-0.05, 0) is 52.7 Å². The second-order valence-electron chi connectivity index (χ2n) is 7.13. The molecule has 0 radical (unpaired) electrons. The van der Waals surface area contributed by atoms with Crippen molar-refractivity contribution in [3.63, 3.8) is 0 Å². The molecular weight excluding hydrogens is 292 g/mol. The first-order chi connectivity index (χ1) is 10.7. The van der Waals surface area contributed by atoms with Crippen molar-refractivity contribution in [3.05, 3.63) is 24.4 Å². The predicted molar refractivity (Wildman–Crippen MR) is 87.8 cm³/mol. The molecule has 3 N–H and O–H groups in total.